The van der Waals surface area contributed by atoms with Crippen molar-refractivity contribution >= 4 is 11.9 Å². The molecule has 6 heteroatoms. The molecule has 0 amide bonds. The molecule has 0 spiro atoms. The van der Waals surface area contributed by atoms with Crippen LogP contribution in [0.1, 0.15) is 37.8 Å². The van der Waals surface area contributed by atoms with Crippen LogP contribution in [0.2, 0.25) is 0 Å². The van der Waals surface area contributed by atoms with Crippen molar-refractivity contribution in [1.82, 2.24) is 0 Å². The molecular formula is C16H14O6. The van der Waals surface area contributed by atoms with Crippen LogP contribution < -0.4 is 0 Å². The number of aromatic hydroxyl groups is 1. The lowest BCUT2D eigenvalue weighted by Crippen LogP contribution is -2.09. The van der Waals surface area contributed by atoms with E-state index in [-0.39, 0.29) is 23.5 Å². The summed E-state index contributed by atoms with van der Waals surface area (Å²) >= 11 is 0. The number of aliphatic hydroxyl groups excluding tert-OH is 1. The molecule has 6 nitrogen and oxygen atoms in total. The largest absolute Gasteiger partial charge is 0.507 e. The monoisotopic (exact) mass is 302 g/mol. The number of aromatic carboxylic acids is 2. The van der Waals surface area contributed by atoms with Gasteiger partial charge >= 0.3 is 11.9 Å². The van der Waals surface area contributed by atoms with E-state index >= 15 is 0 Å². The Hall–Kier alpha value is -2.86. The number of hydrogen-bond donors (Lipinski definition) is 4. The van der Waals surface area contributed by atoms with Gasteiger partial charge in [-0.3, -0.25) is 0 Å². The van der Waals surface area contributed by atoms with Gasteiger partial charge in [0.25, 0.3) is 0 Å². The highest BCUT2D eigenvalue weighted by Gasteiger charge is 2.18. The van der Waals surface area contributed by atoms with Gasteiger partial charge in [0.15, 0.2) is 0 Å². The number of benzene rings is 2. The highest BCUT2D eigenvalue weighted by molar-refractivity contribution is 5.91. The summed E-state index contributed by atoms with van der Waals surface area (Å²) in [5.41, 5.74) is 0.822. The highest BCUT2D eigenvalue weighted by Crippen LogP contribution is 2.28. The maximum atomic E-state index is 11.1. The molecule has 4 N–H and O–H groups in total. The summed E-state index contributed by atoms with van der Waals surface area (Å²) in [4.78, 5) is 22.1. The number of rotatable bonds is 5. The Morgan fingerprint density at radius 1 is 0.955 bits per heavy atom. The van der Waals surface area contributed by atoms with Crippen LogP contribution >= 0.6 is 0 Å². The zero-order valence-electron chi connectivity index (χ0n) is 11.4. The van der Waals surface area contributed by atoms with Gasteiger partial charge in [-0.05, 0) is 35.4 Å². The van der Waals surface area contributed by atoms with Crippen molar-refractivity contribution in [2.45, 2.75) is 5.92 Å². The Balaban J connectivity index is 2.48. The van der Waals surface area contributed by atoms with Crippen molar-refractivity contribution in [2.75, 3.05) is 6.61 Å². The third kappa shape index (κ3) is 3.07. The minimum atomic E-state index is -1.28. The van der Waals surface area contributed by atoms with Gasteiger partial charge < -0.3 is 20.4 Å². The summed E-state index contributed by atoms with van der Waals surface area (Å²) in [6.45, 7) is -0.326. The second kappa shape index (κ2) is 6.28. The van der Waals surface area contributed by atoms with Gasteiger partial charge in [0.05, 0.1) is 12.2 Å². The summed E-state index contributed by atoms with van der Waals surface area (Å²) in [6.07, 6.45) is 0. The van der Waals surface area contributed by atoms with Crippen LogP contribution in [0.4, 0.5) is 0 Å². The number of aliphatic hydroxyl groups is 1. The lowest BCUT2D eigenvalue weighted by Gasteiger charge is -2.16. The maximum Gasteiger partial charge on any atom is 0.339 e. The van der Waals surface area contributed by atoms with Crippen molar-refractivity contribution in [3.8, 4) is 5.75 Å². The maximum absolute atomic E-state index is 11.1. The Bertz CT molecular complexity index is 722. The molecule has 2 rings (SSSR count). The number of carboxylic acids is 2. The van der Waals surface area contributed by atoms with Gasteiger partial charge in [0, 0.05) is 5.92 Å². The molecule has 0 aliphatic carbocycles. The van der Waals surface area contributed by atoms with Gasteiger partial charge in [-0.15, -0.1) is 0 Å². The molecule has 0 aliphatic heterocycles. The molecule has 0 heterocycles. The molecule has 0 aliphatic rings. The van der Waals surface area contributed by atoms with E-state index in [0.717, 1.165) is 0 Å². The van der Waals surface area contributed by atoms with E-state index in [1.54, 1.807) is 12.1 Å². The van der Waals surface area contributed by atoms with Gasteiger partial charge in [-0.1, -0.05) is 18.2 Å². The van der Waals surface area contributed by atoms with Crippen LogP contribution in [0.25, 0.3) is 0 Å². The highest BCUT2D eigenvalue weighted by atomic mass is 16.4. The smallest absolute Gasteiger partial charge is 0.339 e. The third-order valence-electron chi connectivity index (χ3n) is 3.37. The van der Waals surface area contributed by atoms with E-state index in [1.165, 1.54) is 30.3 Å². The second-order valence-corrected chi connectivity index (χ2v) is 4.75. The minimum absolute atomic E-state index is 0.0770. The summed E-state index contributed by atoms with van der Waals surface area (Å²) < 4.78 is 0. The molecule has 2 aromatic rings. The van der Waals surface area contributed by atoms with Crippen LogP contribution in [0.5, 0.6) is 5.75 Å². The summed E-state index contributed by atoms with van der Waals surface area (Å²) in [6, 6.07) is 10.1. The van der Waals surface area contributed by atoms with Crippen molar-refractivity contribution in [2.24, 2.45) is 0 Å². The molecule has 0 bridgehead atoms. The molecule has 0 saturated carbocycles. The molecule has 22 heavy (non-hydrogen) atoms. The van der Waals surface area contributed by atoms with Crippen molar-refractivity contribution in [1.29, 1.82) is 0 Å². The quantitative estimate of drug-likeness (QED) is 0.670. The van der Waals surface area contributed by atoms with E-state index in [0.29, 0.717) is 11.1 Å². The first kappa shape index (κ1) is 15.5. The minimum Gasteiger partial charge on any atom is -0.507 e. The predicted molar refractivity (Wildman–Crippen MR) is 77.4 cm³/mol. The van der Waals surface area contributed by atoms with Crippen LogP contribution in [-0.4, -0.2) is 39.0 Å². The Kier molecular flexibility index (Phi) is 4.43. The Morgan fingerprint density at radius 3 is 2.23 bits per heavy atom. The van der Waals surface area contributed by atoms with Gasteiger partial charge in [-0.2, -0.15) is 0 Å². The standard InChI is InChI=1S/C16H14O6/c17-8-13(9-2-1-3-11(6-9)15(19)20)10-4-5-14(18)12(7-10)16(21)22/h1-7,13,17-18H,8H2,(H,19,20)(H,21,22). The zero-order valence-corrected chi connectivity index (χ0v) is 11.4. The van der Waals surface area contributed by atoms with E-state index in [4.69, 9.17) is 10.2 Å². The lowest BCUT2D eigenvalue weighted by atomic mass is 9.90. The first-order valence-corrected chi connectivity index (χ1v) is 6.44. The van der Waals surface area contributed by atoms with Crippen LogP contribution in [0, 0.1) is 0 Å². The van der Waals surface area contributed by atoms with Gasteiger partial charge in [-0.25, -0.2) is 9.59 Å². The predicted octanol–water partition coefficient (Wildman–Crippen LogP) is 1.91. The molecule has 1 atom stereocenters. The van der Waals surface area contributed by atoms with Gasteiger partial charge in [0.2, 0.25) is 0 Å². The molecule has 0 radical (unpaired) electrons. The van der Waals surface area contributed by atoms with Crippen molar-refractivity contribution in [3.05, 3.63) is 64.7 Å². The average molecular weight is 302 g/mol. The fourth-order valence-electron chi connectivity index (χ4n) is 2.23. The number of carboxylic acid groups (broad SMARTS) is 2. The first-order chi connectivity index (χ1) is 10.4. The topological polar surface area (TPSA) is 115 Å². The SMILES string of the molecule is O=C(O)c1cccc(C(CO)c2ccc(O)c(C(=O)O)c2)c1. The Morgan fingerprint density at radius 2 is 1.64 bits per heavy atom. The fraction of sp³-hybridized carbons (Fsp3) is 0.125. The van der Waals surface area contributed by atoms with E-state index in [9.17, 15) is 19.8 Å². The van der Waals surface area contributed by atoms with E-state index in [2.05, 4.69) is 0 Å². The second-order valence-electron chi connectivity index (χ2n) is 4.75. The summed E-state index contributed by atoms with van der Waals surface area (Å²) in [7, 11) is 0. The summed E-state index contributed by atoms with van der Waals surface area (Å²) in [5.74, 6) is -3.32. The summed E-state index contributed by atoms with van der Waals surface area (Å²) in [5, 5.41) is 37.2. The fourth-order valence-corrected chi connectivity index (χ4v) is 2.23. The third-order valence-corrected chi connectivity index (χ3v) is 3.37. The van der Waals surface area contributed by atoms with Crippen LogP contribution in [0.15, 0.2) is 42.5 Å². The van der Waals surface area contributed by atoms with Crippen LogP contribution in [-0.2, 0) is 0 Å². The van der Waals surface area contributed by atoms with E-state index < -0.39 is 17.9 Å². The molecular weight excluding hydrogens is 288 g/mol. The van der Waals surface area contributed by atoms with Crippen molar-refractivity contribution < 1.29 is 30.0 Å². The molecule has 2 aromatic carbocycles. The molecule has 0 aromatic heterocycles. The molecule has 0 saturated heterocycles. The van der Waals surface area contributed by atoms with Crippen molar-refractivity contribution in [3.63, 3.8) is 0 Å². The average Bonchev–Trinajstić information content (AvgIpc) is 2.49. The normalized spacial score (nSPS) is 11.9. The first-order valence-electron chi connectivity index (χ1n) is 6.44. The van der Waals surface area contributed by atoms with E-state index in [1.807, 2.05) is 0 Å². The number of hydrogen-bond acceptors (Lipinski definition) is 4. The Labute approximate surface area is 125 Å². The zero-order chi connectivity index (χ0) is 16.3. The van der Waals surface area contributed by atoms with Gasteiger partial charge in [0.1, 0.15) is 11.3 Å². The molecule has 0 fully saturated rings. The molecule has 114 valence electrons. The number of phenols is 1. The number of carbonyl (C=O) groups is 2. The lowest BCUT2D eigenvalue weighted by molar-refractivity contribution is 0.0684. The molecule has 1 unspecified atom stereocenters. The van der Waals surface area contributed by atoms with Crippen LogP contribution in [0.3, 0.4) is 0 Å².